The van der Waals surface area contributed by atoms with Crippen LogP contribution in [0.5, 0.6) is 0 Å². The smallest absolute Gasteiger partial charge is 0.191 e. The van der Waals surface area contributed by atoms with Crippen LogP contribution in [0.25, 0.3) is 0 Å². The quantitative estimate of drug-likeness (QED) is 0.378. The summed E-state index contributed by atoms with van der Waals surface area (Å²) in [6.45, 7) is 15.4. The molecular weight excluding hydrogens is 200 g/mol. The number of hydrogen-bond donors (Lipinski definition) is 3. The first-order valence-electron chi connectivity index (χ1n) is 6.15. The van der Waals surface area contributed by atoms with E-state index in [-0.39, 0.29) is 5.54 Å². The summed E-state index contributed by atoms with van der Waals surface area (Å²) in [5, 5.41) is 9.92. The first-order valence-corrected chi connectivity index (χ1v) is 6.15. The molecule has 0 atom stereocenters. The molecule has 0 spiro atoms. The lowest BCUT2D eigenvalue weighted by atomic mass is 10.1. The average Bonchev–Trinajstić information content (AvgIpc) is 2.10. The van der Waals surface area contributed by atoms with Gasteiger partial charge in [-0.2, -0.15) is 0 Å². The first-order chi connectivity index (χ1) is 7.35. The molecule has 0 aromatic heterocycles. The van der Waals surface area contributed by atoms with Crippen LogP contribution >= 0.6 is 0 Å². The van der Waals surface area contributed by atoms with Gasteiger partial charge in [0.2, 0.25) is 0 Å². The van der Waals surface area contributed by atoms with Gasteiger partial charge in [0.15, 0.2) is 5.96 Å². The molecule has 0 saturated carbocycles. The highest BCUT2D eigenvalue weighted by molar-refractivity contribution is 5.79. The largest absolute Gasteiger partial charge is 0.357 e. The zero-order valence-corrected chi connectivity index (χ0v) is 11.6. The predicted octanol–water partition coefficient (Wildman–Crippen LogP) is 1.34. The van der Waals surface area contributed by atoms with Gasteiger partial charge in [0.25, 0.3) is 0 Å². The van der Waals surface area contributed by atoms with Crippen molar-refractivity contribution in [2.45, 2.75) is 53.1 Å². The van der Waals surface area contributed by atoms with Crippen molar-refractivity contribution in [3.63, 3.8) is 0 Å². The van der Waals surface area contributed by atoms with E-state index >= 15 is 0 Å². The Bertz CT molecular complexity index is 204. The lowest BCUT2D eigenvalue weighted by molar-refractivity contribution is 0.432. The van der Waals surface area contributed by atoms with Crippen molar-refractivity contribution in [1.82, 2.24) is 16.0 Å². The Morgan fingerprint density at radius 3 is 2.31 bits per heavy atom. The molecule has 3 N–H and O–H groups in total. The molecule has 0 bridgehead atoms. The molecule has 0 unspecified atom stereocenters. The summed E-state index contributed by atoms with van der Waals surface area (Å²) in [5.41, 5.74) is 0.166. The minimum Gasteiger partial charge on any atom is -0.357 e. The lowest BCUT2D eigenvalue weighted by Crippen LogP contribution is -2.42. The van der Waals surface area contributed by atoms with Crippen LogP contribution < -0.4 is 16.0 Å². The highest BCUT2D eigenvalue weighted by atomic mass is 15.2. The first kappa shape index (κ1) is 15.2. The molecule has 0 aromatic carbocycles. The van der Waals surface area contributed by atoms with Crippen molar-refractivity contribution in [2.75, 3.05) is 19.6 Å². The molecule has 4 heteroatoms. The Kier molecular flexibility index (Phi) is 7.13. The van der Waals surface area contributed by atoms with Crippen LogP contribution in [-0.2, 0) is 0 Å². The third-order valence-electron chi connectivity index (χ3n) is 1.81. The van der Waals surface area contributed by atoms with Crippen molar-refractivity contribution < 1.29 is 0 Å². The van der Waals surface area contributed by atoms with Gasteiger partial charge in [0.1, 0.15) is 0 Å². The number of nitrogens with zero attached hydrogens (tertiary/aromatic N) is 1. The van der Waals surface area contributed by atoms with Crippen molar-refractivity contribution in [3.8, 4) is 0 Å². The summed E-state index contributed by atoms with van der Waals surface area (Å²) in [4.78, 5) is 4.49. The zero-order chi connectivity index (χ0) is 12.6. The van der Waals surface area contributed by atoms with E-state index < -0.39 is 0 Å². The van der Waals surface area contributed by atoms with Crippen LogP contribution in [0.4, 0.5) is 0 Å². The number of aliphatic imine (C=N–C) groups is 1. The molecule has 96 valence electrons. The minimum atomic E-state index is 0.166. The second-order valence-corrected chi connectivity index (χ2v) is 5.24. The van der Waals surface area contributed by atoms with Gasteiger partial charge in [-0.05, 0) is 41.5 Å². The number of hydrogen-bond acceptors (Lipinski definition) is 2. The average molecular weight is 228 g/mol. The van der Waals surface area contributed by atoms with Gasteiger partial charge in [-0.25, -0.2) is 0 Å². The van der Waals surface area contributed by atoms with E-state index in [0.29, 0.717) is 6.04 Å². The molecule has 0 radical (unpaired) electrons. The van der Waals surface area contributed by atoms with Gasteiger partial charge in [-0.15, -0.1) is 0 Å². The van der Waals surface area contributed by atoms with Crippen LogP contribution in [0.3, 0.4) is 0 Å². The van der Waals surface area contributed by atoms with Crippen LogP contribution in [0, 0.1) is 0 Å². The van der Waals surface area contributed by atoms with E-state index in [4.69, 9.17) is 0 Å². The fraction of sp³-hybridized carbons (Fsp3) is 0.917. The molecule has 4 nitrogen and oxygen atoms in total. The summed E-state index contributed by atoms with van der Waals surface area (Å²) < 4.78 is 0. The Morgan fingerprint density at radius 1 is 1.25 bits per heavy atom. The van der Waals surface area contributed by atoms with Crippen LogP contribution in [0.1, 0.15) is 41.5 Å². The lowest BCUT2D eigenvalue weighted by Gasteiger charge is -2.20. The van der Waals surface area contributed by atoms with Crippen LogP contribution in [-0.4, -0.2) is 37.2 Å². The van der Waals surface area contributed by atoms with Crippen LogP contribution in [0.2, 0.25) is 0 Å². The van der Waals surface area contributed by atoms with E-state index in [9.17, 15) is 0 Å². The molecule has 0 aliphatic carbocycles. The van der Waals surface area contributed by atoms with E-state index in [1.807, 2.05) is 0 Å². The van der Waals surface area contributed by atoms with Gasteiger partial charge in [-0.3, -0.25) is 4.99 Å². The normalized spacial score (nSPS) is 13.1. The Morgan fingerprint density at radius 2 is 1.88 bits per heavy atom. The van der Waals surface area contributed by atoms with Crippen LogP contribution in [0.15, 0.2) is 4.99 Å². The summed E-state index contributed by atoms with van der Waals surface area (Å²) in [6.07, 6.45) is 0. The van der Waals surface area contributed by atoms with Crippen molar-refractivity contribution in [1.29, 1.82) is 0 Å². The van der Waals surface area contributed by atoms with E-state index in [2.05, 4.69) is 62.5 Å². The summed E-state index contributed by atoms with van der Waals surface area (Å²) in [6, 6.07) is 0.411. The fourth-order valence-corrected chi connectivity index (χ4v) is 1.19. The number of guanidine groups is 1. The van der Waals surface area contributed by atoms with Gasteiger partial charge in [-0.1, -0.05) is 0 Å². The summed E-state index contributed by atoms with van der Waals surface area (Å²) >= 11 is 0. The summed E-state index contributed by atoms with van der Waals surface area (Å²) in [5.74, 6) is 0.896. The van der Waals surface area contributed by atoms with E-state index in [1.54, 1.807) is 0 Å². The molecule has 0 aromatic rings. The van der Waals surface area contributed by atoms with Crippen molar-refractivity contribution in [2.24, 2.45) is 4.99 Å². The Labute approximate surface area is 100 Å². The molecular formula is C12H28N4. The fourth-order valence-electron chi connectivity index (χ4n) is 1.19. The van der Waals surface area contributed by atoms with Gasteiger partial charge in [0, 0.05) is 24.7 Å². The van der Waals surface area contributed by atoms with E-state index in [0.717, 1.165) is 25.6 Å². The third kappa shape index (κ3) is 9.77. The Hall–Kier alpha value is -0.770. The van der Waals surface area contributed by atoms with Gasteiger partial charge >= 0.3 is 0 Å². The van der Waals surface area contributed by atoms with E-state index in [1.165, 1.54) is 0 Å². The second-order valence-electron chi connectivity index (χ2n) is 5.24. The molecule has 0 amide bonds. The number of rotatable bonds is 5. The minimum absolute atomic E-state index is 0.166. The monoisotopic (exact) mass is 228 g/mol. The molecule has 0 heterocycles. The molecule has 0 rings (SSSR count). The highest BCUT2D eigenvalue weighted by Crippen LogP contribution is 1.96. The standard InChI is InChI=1S/C12H28N4/c1-7-13-11(16-10(2)3)14-8-9-15-12(4,5)6/h10,15H,7-9H2,1-6H3,(H2,13,14,16). The molecule has 16 heavy (non-hydrogen) atoms. The number of nitrogens with one attached hydrogen (secondary N) is 3. The summed E-state index contributed by atoms with van der Waals surface area (Å²) in [7, 11) is 0. The highest BCUT2D eigenvalue weighted by Gasteiger charge is 2.07. The molecule has 0 aliphatic heterocycles. The van der Waals surface area contributed by atoms with Crippen molar-refractivity contribution in [3.05, 3.63) is 0 Å². The maximum Gasteiger partial charge on any atom is 0.191 e. The maximum atomic E-state index is 4.49. The third-order valence-corrected chi connectivity index (χ3v) is 1.81. The zero-order valence-electron chi connectivity index (χ0n) is 11.6. The molecule has 0 saturated heterocycles. The molecule has 0 aliphatic rings. The van der Waals surface area contributed by atoms with Crippen molar-refractivity contribution >= 4 is 5.96 Å². The second kappa shape index (κ2) is 7.49. The van der Waals surface area contributed by atoms with Gasteiger partial charge < -0.3 is 16.0 Å². The predicted molar refractivity (Wildman–Crippen MR) is 72.0 cm³/mol. The SMILES string of the molecule is CCNC(=NCCNC(C)(C)C)NC(C)C. The molecule has 0 fully saturated rings. The maximum absolute atomic E-state index is 4.49. The topological polar surface area (TPSA) is 48.5 Å². The van der Waals surface area contributed by atoms with Gasteiger partial charge in [0.05, 0.1) is 6.54 Å². The Balaban J connectivity index is 3.94.